The SMILES string of the molecule is O=C(CSc1nc2ccccc2c(=O)n1C1CC1)NCC(=O)Nc1ccccc1Br. The summed E-state index contributed by atoms with van der Waals surface area (Å²) in [4.78, 5) is 41.8. The second-order valence-corrected chi connectivity index (χ2v) is 8.71. The average molecular weight is 487 g/mol. The minimum absolute atomic E-state index is 0.0693. The molecule has 0 unspecified atom stereocenters. The van der Waals surface area contributed by atoms with Crippen molar-refractivity contribution in [2.24, 2.45) is 0 Å². The van der Waals surface area contributed by atoms with E-state index in [9.17, 15) is 14.4 Å². The molecule has 7 nitrogen and oxygen atoms in total. The molecule has 2 N–H and O–H groups in total. The molecule has 2 amide bonds. The molecule has 0 spiro atoms. The standard InChI is InChI=1S/C21H19BrN4O3S/c22-15-6-2-4-8-17(15)24-18(27)11-23-19(28)12-30-21-25-16-7-3-1-5-14(16)20(29)26(21)13-9-10-13/h1-8,13H,9-12H2,(H,23,28)(H,24,27). The Bertz CT molecular complexity index is 1180. The molecule has 0 aliphatic heterocycles. The van der Waals surface area contributed by atoms with Gasteiger partial charge in [-0.1, -0.05) is 36.0 Å². The number of para-hydroxylation sites is 2. The summed E-state index contributed by atoms with van der Waals surface area (Å²) in [6.07, 6.45) is 1.88. The second kappa shape index (κ2) is 9.01. The van der Waals surface area contributed by atoms with E-state index in [4.69, 9.17) is 0 Å². The molecule has 3 aromatic rings. The molecule has 1 aliphatic rings. The molecule has 1 saturated carbocycles. The average Bonchev–Trinajstić information content (AvgIpc) is 3.57. The first-order valence-electron chi connectivity index (χ1n) is 9.48. The summed E-state index contributed by atoms with van der Waals surface area (Å²) >= 11 is 4.57. The largest absolute Gasteiger partial charge is 0.346 e. The molecule has 1 heterocycles. The lowest BCUT2D eigenvalue weighted by Gasteiger charge is -2.12. The Hall–Kier alpha value is -2.65. The van der Waals surface area contributed by atoms with Crippen molar-refractivity contribution in [3.05, 3.63) is 63.4 Å². The van der Waals surface area contributed by atoms with Crippen LogP contribution in [0.3, 0.4) is 0 Å². The minimum Gasteiger partial charge on any atom is -0.346 e. The highest BCUT2D eigenvalue weighted by atomic mass is 79.9. The van der Waals surface area contributed by atoms with Crippen LogP contribution in [0.2, 0.25) is 0 Å². The molecule has 0 atom stereocenters. The smallest absolute Gasteiger partial charge is 0.262 e. The summed E-state index contributed by atoms with van der Waals surface area (Å²) in [5.74, 6) is -0.550. The number of halogens is 1. The molecule has 30 heavy (non-hydrogen) atoms. The lowest BCUT2D eigenvalue weighted by atomic mass is 10.2. The Labute approximate surface area is 185 Å². The highest BCUT2D eigenvalue weighted by molar-refractivity contribution is 9.10. The molecule has 4 rings (SSSR count). The Morgan fingerprint density at radius 2 is 1.83 bits per heavy atom. The Kier molecular flexibility index (Phi) is 6.19. The number of carbonyl (C=O) groups is 2. The number of thioether (sulfide) groups is 1. The van der Waals surface area contributed by atoms with Crippen LogP contribution in [0.5, 0.6) is 0 Å². The van der Waals surface area contributed by atoms with E-state index in [1.807, 2.05) is 30.3 Å². The molecule has 2 aromatic carbocycles. The van der Waals surface area contributed by atoms with Crippen molar-refractivity contribution in [3.63, 3.8) is 0 Å². The highest BCUT2D eigenvalue weighted by Crippen LogP contribution is 2.36. The van der Waals surface area contributed by atoms with E-state index >= 15 is 0 Å². The fraction of sp³-hybridized carbons (Fsp3) is 0.238. The van der Waals surface area contributed by atoms with Crippen LogP contribution in [-0.4, -0.2) is 33.7 Å². The van der Waals surface area contributed by atoms with Gasteiger partial charge in [0.05, 0.1) is 28.9 Å². The van der Waals surface area contributed by atoms with Crippen molar-refractivity contribution >= 4 is 56.1 Å². The van der Waals surface area contributed by atoms with Crippen LogP contribution in [-0.2, 0) is 9.59 Å². The quantitative estimate of drug-likeness (QED) is 0.394. The third kappa shape index (κ3) is 4.73. The molecular formula is C21H19BrN4O3S. The van der Waals surface area contributed by atoms with Gasteiger partial charge in [0, 0.05) is 10.5 Å². The van der Waals surface area contributed by atoms with Gasteiger partial charge in [0.15, 0.2) is 5.16 Å². The number of benzene rings is 2. The van der Waals surface area contributed by atoms with E-state index in [1.165, 1.54) is 11.8 Å². The lowest BCUT2D eigenvalue weighted by molar-refractivity contribution is -0.122. The number of fused-ring (bicyclic) bond motifs is 1. The molecule has 1 fully saturated rings. The zero-order valence-electron chi connectivity index (χ0n) is 15.9. The number of hydrogen-bond acceptors (Lipinski definition) is 5. The van der Waals surface area contributed by atoms with E-state index in [0.717, 1.165) is 17.3 Å². The van der Waals surface area contributed by atoms with Crippen LogP contribution in [0.4, 0.5) is 5.69 Å². The van der Waals surface area contributed by atoms with Crippen LogP contribution < -0.4 is 16.2 Å². The molecule has 0 bridgehead atoms. The van der Waals surface area contributed by atoms with E-state index in [-0.39, 0.29) is 35.7 Å². The van der Waals surface area contributed by atoms with Crippen molar-refractivity contribution in [1.82, 2.24) is 14.9 Å². The summed E-state index contributed by atoms with van der Waals surface area (Å²) in [5.41, 5.74) is 1.19. The van der Waals surface area contributed by atoms with Crippen LogP contribution in [0.15, 0.2) is 63.0 Å². The maximum atomic E-state index is 12.8. The van der Waals surface area contributed by atoms with Crippen molar-refractivity contribution in [1.29, 1.82) is 0 Å². The highest BCUT2D eigenvalue weighted by Gasteiger charge is 2.28. The molecule has 154 valence electrons. The van der Waals surface area contributed by atoms with E-state index in [1.54, 1.807) is 22.8 Å². The van der Waals surface area contributed by atoms with Crippen LogP contribution in [0.1, 0.15) is 18.9 Å². The molecule has 9 heteroatoms. The van der Waals surface area contributed by atoms with E-state index < -0.39 is 0 Å². The predicted octanol–water partition coefficient (Wildman–Crippen LogP) is 3.34. The summed E-state index contributed by atoms with van der Waals surface area (Å²) < 4.78 is 2.46. The van der Waals surface area contributed by atoms with Crippen LogP contribution >= 0.6 is 27.7 Å². The predicted molar refractivity (Wildman–Crippen MR) is 121 cm³/mol. The summed E-state index contributed by atoms with van der Waals surface area (Å²) in [7, 11) is 0. The van der Waals surface area contributed by atoms with Gasteiger partial charge in [-0.2, -0.15) is 0 Å². The normalized spacial score (nSPS) is 13.2. The molecule has 0 saturated heterocycles. The van der Waals surface area contributed by atoms with Crippen molar-refractivity contribution < 1.29 is 9.59 Å². The van der Waals surface area contributed by atoms with Gasteiger partial charge >= 0.3 is 0 Å². The number of carbonyl (C=O) groups excluding carboxylic acids is 2. The Balaban J connectivity index is 1.38. The first-order chi connectivity index (χ1) is 14.5. The second-order valence-electron chi connectivity index (χ2n) is 6.91. The monoisotopic (exact) mass is 486 g/mol. The van der Waals surface area contributed by atoms with Gasteiger partial charge in [-0.25, -0.2) is 4.98 Å². The molecule has 1 aromatic heterocycles. The topological polar surface area (TPSA) is 93.1 Å². The van der Waals surface area contributed by atoms with Crippen molar-refractivity contribution in [2.45, 2.75) is 24.0 Å². The van der Waals surface area contributed by atoms with Gasteiger partial charge in [-0.3, -0.25) is 19.0 Å². The van der Waals surface area contributed by atoms with Gasteiger partial charge < -0.3 is 10.6 Å². The first kappa shape index (κ1) is 20.6. The maximum absolute atomic E-state index is 12.8. The van der Waals surface area contributed by atoms with Gasteiger partial charge in [0.25, 0.3) is 5.56 Å². The zero-order chi connectivity index (χ0) is 21.1. The Morgan fingerprint density at radius 1 is 1.10 bits per heavy atom. The van der Waals surface area contributed by atoms with Gasteiger partial charge in [-0.15, -0.1) is 0 Å². The molecular weight excluding hydrogens is 468 g/mol. The number of nitrogens with one attached hydrogen (secondary N) is 2. The first-order valence-corrected chi connectivity index (χ1v) is 11.3. The number of amides is 2. The Morgan fingerprint density at radius 3 is 2.60 bits per heavy atom. The van der Waals surface area contributed by atoms with Gasteiger partial charge in [-0.05, 0) is 53.0 Å². The maximum Gasteiger partial charge on any atom is 0.262 e. The summed E-state index contributed by atoms with van der Waals surface area (Å²) in [6.45, 7) is -0.138. The summed E-state index contributed by atoms with van der Waals surface area (Å²) in [5, 5.41) is 6.46. The fourth-order valence-electron chi connectivity index (χ4n) is 3.00. The third-order valence-electron chi connectivity index (χ3n) is 4.61. The van der Waals surface area contributed by atoms with E-state index in [2.05, 4.69) is 31.5 Å². The summed E-state index contributed by atoms with van der Waals surface area (Å²) in [6, 6.07) is 14.6. The van der Waals surface area contributed by atoms with Crippen LogP contribution in [0.25, 0.3) is 10.9 Å². The van der Waals surface area contributed by atoms with Gasteiger partial charge in [0.2, 0.25) is 11.8 Å². The third-order valence-corrected chi connectivity index (χ3v) is 6.26. The minimum atomic E-state index is -0.320. The van der Waals surface area contributed by atoms with Crippen molar-refractivity contribution in [2.75, 3.05) is 17.6 Å². The lowest BCUT2D eigenvalue weighted by Crippen LogP contribution is -2.34. The van der Waals surface area contributed by atoms with Gasteiger partial charge in [0.1, 0.15) is 0 Å². The zero-order valence-corrected chi connectivity index (χ0v) is 18.3. The number of anilines is 1. The van der Waals surface area contributed by atoms with Crippen LogP contribution in [0, 0.1) is 0 Å². The number of aromatic nitrogens is 2. The van der Waals surface area contributed by atoms with Crippen molar-refractivity contribution in [3.8, 4) is 0 Å². The molecule has 1 aliphatic carbocycles. The number of hydrogen-bond donors (Lipinski definition) is 2. The molecule has 0 radical (unpaired) electrons. The fourth-order valence-corrected chi connectivity index (χ4v) is 4.28. The van der Waals surface area contributed by atoms with E-state index in [0.29, 0.717) is 21.7 Å². The number of nitrogens with zero attached hydrogens (tertiary/aromatic N) is 2. The number of rotatable bonds is 7.